The Kier molecular flexibility index (Phi) is 3.09. The zero-order valence-corrected chi connectivity index (χ0v) is 7.80. The molecule has 0 spiro atoms. The SMILES string of the molecule is CCCCc1nc(C)ccc1N. The lowest BCUT2D eigenvalue weighted by Gasteiger charge is -2.04. The molecule has 0 aromatic carbocycles. The van der Waals surface area contributed by atoms with Gasteiger partial charge in [-0.3, -0.25) is 4.98 Å². The maximum absolute atomic E-state index is 5.77. The van der Waals surface area contributed by atoms with Crippen molar-refractivity contribution in [3.63, 3.8) is 0 Å². The third kappa shape index (κ3) is 2.22. The Labute approximate surface area is 73.8 Å². The first-order valence-corrected chi connectivity index (χ1v) is 4.46. The number of rotatable bonds is 3. The summed E-state index contributed by atoms with van der Waals surface area (Å²) in [5.41, 5.74) is 8.70. The lowest BCUT2D eigenvalue weighted by molar-refractivity contribution is 0.776. The molecule has 0 aliphatic heterocycles. The summed E-state index contributed by atoms with van der Waals surface area (Å²) in [6.45, 7) is 4.17. The molecular formula is C10H16N2. The van der Waals surface area contributed by atoms with Gasteiger partial charge in [0.25, 0.3) is 0 Å². The Hall–Kier alpha value is -1.05. The van der Waals surface area contributed by atoms with E-state index in [-0.39, 0.29) is 0 Å². The van der Waals surface area contributed by atoms with Gasteiger partial charge in [0.1, 0.15) is 0 Å². The van der Waals surface area contributed by atoms with Crippen LogP contribution in [0.4, 0.5) is 5.69 Å². The Balaban J connectivity index is 2.75. The van der Waals surface area contributed by atoms with Crippen LogP contribution in [0, 0.1) is 6.92 Å². The van der Waals surface area contributed by atoms with Gasteiger partial charge in [0, 0.05) is 5.69 Å². The van der Waals surface area contributed by atoms with Gasteiger partial charge in [-0.1, -0.05) is 13.3 Å². The highest BCUT2D eigenvalue weighted by Gasteiger charge is 1.99. The van der Waals surface area contributed by atoms with E-state index >= 15 is 0 Å². The molecule has 0 saturated carbocycles. The van der Waals surface area contributed by atoms with Crippen LogP contribution in [0.15, 0.2) is 12.1 Å². The molecule has 2 N–H and O–H groups in total. The van der Waals surface area contributed by atoms with E-state index in [0.29, 0.717) is 0 Å². The Morgan fingerprint density at radius 2 is 2.17 bits per heavy atom. The van der Waals surface area contributed by atoms with Gasteiger partial charge in [-0.05, 0) is 31.9 Å². The fourth-order valence-electron chi connectivity index (χ4n) is 1.17. The van der Waals surface area contributed by atoms with Crippen molar-refractivity contribution >= 4 is 5.69 Å². The summed E-state index contributed by atoms with van der Waals surface area (Å²) in [4.78, 5) is 4.39. The number of pyridine rings is 1. The van der Waals surface area contributed by atoms with E-state index < -0.39 is 0 Å². The highest BCUT2D eigenvalue weighted by molar-refractivity contribution is 5.43. The fourth-order valence-corrected chi connectivity index (χ4v) is 1.17. The molecule has 0 aliphatic carbocycles. The van der Waals surface area contributed by atoms with Crippen LogP contribution in [0.2, 0.25) is 0 Å². The lowest BCUT2D eigenvalue weighted by Crippen LogP contribution is -1.99. The number of hydrogen-bond acceptors (Lipinski definition) is 2. The standard InChI is InChI=1S/C10H16N2/c1-3-4-5-10-9(11)7-6-8(2)12-10/h6-7H,3-5,11H2,1-2H3. The van der Waals surface area contributed by atoms with Gasteiger partial charge < -0.3 is 5.73 Å². The number of hydrogen-bond donors (Lipinski definition) is 1. The fraction of sp³-hybridized carbons (Fsp3) is 0.500. The van der Waals surface area contributed by atoms with Crippen LogP contribution in [0.25, 0.3) is 0 Å². The van der Waals surface area contributed by atoms with Crippen molar-refractivity contribution in [2.24, 2.45) is 0 Å². The molecule has 1 rings (SSSR count). The lowest BCUT2D eigenvalue weighted by atomic mass is 10.1. The predicted molar refractivity (Wildman–Crippen MR) is 52.0 cm³/mol. The van der Waals surface area contributed by atoms with Crippen molar-refractivity contribution < 1.29 is 0 Å². The van der Waals surface area contributed by atoms with E-state index in [2.05, 4.69) is 11.9 Å². The maximum Gasteiger partial charge on any atom is 0.0635 e. The van der Waals surface area contributed by atoms with E-state index in [1.807, 2.05) is 19.1 Å². The van der Waals surface area contributed by atoms with Crippen molar-refractivity contribution in [2.75, 3.05) is 5.73 Å². The average molecular weight is 164 g/mol. The molecule has 2 nitrogen and oxygen atoms in total. The number of nitrogen functional groups attached to an aromatic ring is 1. The van der Waals surface area contributed by atoms with E-state index in [4.69, 9.17) is 5.73 Å². The van der Waals surface area contributed by atoms with Crippen LogP contribution in [0.5, 0.6) is 0 Å². The molecule has 1 heterocycles. The smallest absolute Gasteiger partial charge is 0.0635 e. The van der Waals surface area contributed by atoms with E-state index in [0.717, 1.165) is 23.5 Å². The Bertz CT molecular complexity index is 256. The van der Waals surface area contributed by atoms with Crippen molar-refractivity contribution in [1.29, 1.82) is 0 Å². The molecule has 0 saturated heterocycles. The number of nitrogens with two attached hydrogens (primary N) is 1. The summed E-state index contributed by atoms with van der Waals surface area (Å²) >= 11 is 0. The van der Waals surface area contributed by atoms with Crippen LogP contribution in [-0.2, 0) is 6.42 Å². The molecule has 0 aliphatic rings. The molecule has 1 aromatic heterocycles. The molecule has 2 heteroatoms. The third-order valence-corrected chi connectivity index (χ3v) is 1.92. The van der Waals surface area contributed by atoms with Crippen LogP contribution in [0.3, 0.4) is 0 Å². The molecule has 0 bridgehead atoms. The number of unbranched alkanes of at least 4 members (excludes halogenated alkanes) is 1. The third-order valence-electron chi connectivity index (χ3n) is 1.92. The number of anilines is 1. The monoisotopic (exact) mass is 164 g/mol. The summed E-state index contributed by atoms with van der Waals surface area (Å²) < 4.78 is 0. The summed E-state index contributed by atoms with van der Waals surface area (Å²) in [7, 11) is 0. The molecular weight excluding hydrogens is 148 g/mol. The summed E-state index contributed by atoms with van der Waals surface area (Å²) in [6.07, 6.45) is 3.36. The number of aromatic nitrogens is 1. The highest BCUT2D eigenvalue weighted by Crippen LogP contribution is 2.12. The van der Waals surface area contributed by atoms with Gasteiger partial charge in [0.05, 0.1) is 11.4 Å². The van der Waals surface area contributed by atoms with E-state index in [9.17, 15) is 0 Å². The first-order chi connectivity index (χ1) is 5.74. The largest absolute Gasteiger partial charge is 0.397 e. The van der Waals surface area contributed by atoms with Gasteiger partial charge >= 0.3 is 0 Å². The predicted octanol–water partition coefficient (Wildman–Crippen LogP) is 2.31. The zero-order chi connectivity index (χ0) is 8.97. The maximum atomic E-state index is 5.77. The second-order valence-corrected chi connectivity index (χ2v) is 3.09. The topological polar surface area (TPSA) is 38.9 Å². The summed E-state index contributed by atoms with van der Waals surface area (Å²) in [5.74, 6) is 0. The summed E-state index contributed by atoms with van der Waals surface area (Å²) in [5, 5.41) is 0. The Morgan fingerprint density at radius 3 is 2.83 bits per heavy atom. The van der Waals surface area contributed by atoms with Crippen LogP contribution >= 0.6 is 0 Å². The van der Waals surface area contributed by atoms with Gasteiger partial charge in [-0.15, -0.1) is 0 Å². The first-order valence-electron chi connectivity index (χ1n) is 4.46. The number of nitrogens with zero attached hydrogens (tertiary/aromatic N) is 1. The molecule has 12 heavy (non-hydrogen) atoms. The molecule has 1 aromatic rings. The Morgan fingerprint density at radius 1 is 1.42 bits per heavy atom. The second-order valence-electron chi connectivity index (χ2n) is 3.09. The number of aryl methyl sites for hydroxylation is 2. The quantitative estimate of drug-likeness (QED) is 0.744. The van der Waals surface area contributed by atoms with Crippen molar-refractivity contribution in [3.8, 4) is 0 Å². The van der Waals surface area contributed by atoms with E-state index in [1.165, 1.54) is 12.8 Å². The molecule has 0 atom stereocenters. The molecule has 0 fully saturated rings. The molecule has 66 valence electrons. The molecule has 0 unspecified atom stereocenters. The van der Waals surface area contributed by atoms with Crippen LogP contribution in [-0.4, -0.2) is 4.98 Å². The van der Waals surface area contributed by atoms with Crippen molar-refractivity contribution in [3.05, 3.63) is 23.5 Å². The van der Waals surface area contributed by atoms with Crippen molar-refractivity contribution in [1.82, 2.24) is 4.98 Å². The normalized spacial score (nSPS) is 10.2. The average Bonchev–Trinajstić information content (AvgIpc) is 2.07. The minimum atomic E-state index is 0.828. The van der Waals surface area contributed by atoms with Gasteiger partial charge in [0.15, 0.2) is 0 Å². The van der Waals surface area contributed by atoms with Gasteiger partial charge in [0.2, 0.25) is 0 Å². The highest BCUT2D eigenvalue weighted by atomic mass is 14.7. The van der Waals surface area contributed by atoms with E-state index in [1.54, 1.807) is 0 Å². The molecule has 0 amide bonds. The first kappa shape index (κ1) is 9.04. The van der Waals surface area contributed by atoms with Crippen LogP contribution in [0.1, 0.15) is 31.2 Å². The summed E-state index contributed by atoms with van der Waals surface area (Å²) in [6, 6.07) is 3.89. The van der Waals surface area contributed by atoms with Crippen molar-refractivity contribution in [2.45, 2.75) is 33.1 Å². The minimum absolute atomic E-state index is 0.828. The van der Waals surface area contributed by atoms with Gasteiger partial charge in [-0.2, -0.15) is 0 Å². The molecule has 0 radical (unpaired) electrons. The zero-order valence-electron chi connectivity index (χ0n) is 7.80. The second kappa shape index (κ2) is 4.10. The van der Waals surface area contributed by atoms with Gasteiger partial charge in [-0.25, -0.2) is 0 Å². The minimum Gasteiger partial charge on any atom is -0.397 e. The van der Waals surface area contributed by atoms with Crippen LogP contribution < -0.4 is 5.73 Å².